The van der Waals surface area contributed by atoms with Gasteiger partial charge in [0, 0.05) is 50.6 Å². The molecule has 98 valence electrons. The smallest absolute Gasteiger partial charge is 0.0368 e. The van der Waals surface area contributed by atoms with Crippen LogP contribution in [0.3, 0.4) is 0 Å². The first-order valence-electron chi connectivity index (χ1n) is 6.48. The highest BCUT2D eigenvalue weighted by atomic mass is 15.1. The summed E-state index contributed by atoms with van der Waals surface area (Å²) in [6.45, 7) is 5.90. The highest BCUT2D eigenvalue weighted by Crippen LogP contribution is 2.15. The lowest BCUT2D eigenvalue weighted by Crippen LogP contribution is -2.21. The van der Waals surface area contributed by atoms with Crippen molar-refractivity contribution in [1.82, 2.24) is 4.90 Å². The normalized spacial score (nSPS) is 23.4. The van der Waals surface area contributed by atoms with Gasteiger partial charge in [0.05, 0.1) is 0 Å². The zero-order valence-corrected chi connectivity index (χ0v) is 11.6. The second-order valence-electron chi connectivity index (χ2n) is 4.24. The third-order valence-corrected chi connectivity index (χ3v) is 2.95. The molecule has 0 bridgehead atoms. The van der Waals surface area contributed by atoms with E-state index in [9.17, 15) is 0 Å². The van der Waals surface area contributed by atoms with Gasteiger partial charge in [0.1, 0.15) is 0 Å². The molecule has 18 heavy (non-hydrogen) atoms. The molecular weight excluding hydrogens is 222 g/mol. The summed E-state index contributed by atoms with van der Waals surface area (Å²) in [5.74, 6) is 0. The maximum absolute atomic E-state index is 6.17. The van der Waals surface area contributed by atoms with E-state index in [1.807, 2.05) is 25.3 Å². The van der Waals surface area contributed by atoms with Crippen LogP contribution in [0, 0.1) is 0 Å². The van der Waals surface area contributed by atoms with Crippen molar-refractivity contribution in [3.8, 4) is 0 Å². The van der Waals surface area contributed by atoms with Crippen LogP contribution >= 0.6 is 0 Å². The Kier molecular flexibility index (Phi) is 6.03. The summed E-state index contributed by atoms with van der Waals surface area (Å²) < 4.78 is 0. The Balaban J connectivity index is 2.97. The third-order valence-electron chi connectivity index (χ3n) is 2.95. The molecule has 0 unspecified atom stereocenters. The van der Waals surface area contributed by atoms with Crippen LogP contribution in [0.1, 0.15) is 26.7 Å². The standard InChI is InChI=1S/C15H23N3/c1-4-17-12-13-8-6-7-9-15(18(3)5-2)14(16)11-10-13/h7-8,10,12H,4-5,9,11,16H2,1-3H3/b13-10+,15-14-,17-12?. The summed E-state index contributed by atoms with van der Waals surface area (Å²) in [4.78, 5) is 6.43. The molecule has 2 N–H and O–H groups in total. The van der Waals surface area contributed by atoms with Crippen LogP contribution in [0.4, 0.5) is 0 Å². The fraction of sp³-hybridized carbons (Fsp3) is 0.467. The van der Waals surface area contributed by atoms with Gasteiger partial charge < -0.3 is 10.6 Å². The average Bonchev–Trinajstić information content (AvgIpc) is 2.47. The van der Waals surface area contributed by atoms with E-state index in [-0.39, 0.29) is 0 Å². The van der Waals surface area contributed by atoms with Crippen molar-refractivity contribution in [1.29, 1.82) is 0 Å². The number of rotatable bonds is 4. The SMILES string of the molecule is CCN=C/C1=C/C/C(N)=C(/N(C)CC)CC=C=C1. The Labute approximate surface area is 110 Å². The third kappa shape index (κ3) is 4.27. The Hall–Kier alpha value is -1.73. The predicted molar refractivity (Wildman–Crippen MR) is 78.5 cm³/mol. The van der Waals surface area contributed by atoms with Crippen molar-refractivity contribution in [2.45, 2.75) is 26.7 Å². The first-order valence-corrected chi connectivity index (χ1v) is 6.48. The quantitative estimate of drug-likeness (QED) is 0.611. The summed E-state index contributed by atoms with van der Waals surface area (Å²) in [7, 11) is 2.07. The van der Waals surface area contributed by atoms with Gasteiger partial charge in [-0.05, 0) is 31.6 Å². The topological polar surface area (TPSA) is 41.6 Å². The largest absolute Gasteiger partial charge is 0.400 e. The Morgan fingerprint density at radius 3 is 2.89 bits per heavy atom. The average molecular weight is 245 g/mol. The van der Waals surface area contributed by atoms with Gasteiger partial charge in [-0.2, -0.15) is 0 Å². The number of nitrogens with zero attached hydrogens (tertiary/aromatic N) is 2. The minimum atomic E-state index is 0.761. The van der Waals surface area contributed by atoms with Crippen LogP contribution < -0.4 is 5.73 Å². The lowest BCUT2D eigenvalue weighted by atomic mass is 10.1. The van der Waals surface area contributed by atoms with E-state index in [0.717, 1.165) is 37.2 Å². The number of allylic oxidation sites excluding steroid dienone is 3. The highest BCUT2D eigenvalue weighted by Gasteiger charge is 2.06. The molecule has 0 aromatic heterocycles. The lowest BCUT2D eigenvalue weighted by molar-refractivity contribution is 0.426. The summed E-state index contributed by atoms with van der Waals surface area (Å²) in [5.41, 5.74) is 12.5. The van der Waals surface area contributed by atoms with Crippen molar-refractivity contribution in [3.05, 3.63) is 40.9 Å². The molecule has 1 rings (SSSR count). The van der Waals surface area contributed by atoms with E-state index >= 15 is 0 Å². The number of nitrogens with two attached hydrogens (primary N) is 1. The number of aliphatic imine (C=N–C) groups is 1. The predicted octanol–water partition coefficient (Wildman–Crippen LogP) is 2.63. The molecule has 0 spiro atoms. The van der Waals surface area contributed by atoms with Crippen molar-refractivity contribution < 1.29 is 0 Å². The molecule has 0 saturated heterocycles. The fourth-order valence-electron chi connectivity index (χ4n) is 1.72. The van der Waals surface area contributed by atoms with E-state index < -0.39 is 0 Å². The van der Waals surface area contributed by atoms with Crippen molar-refractivity contribution in [3.63, 3.8) is 0 Å². The second kappa shape index (κ2) is 7.57. The summed E-state index contributed by atoms with van der Waals surface area (Å²) in [6, 6.07) is 0. The van der Waals surface area contributed by atoms with Crippen molar-refractivity contribution in [2.24, 2.45) is 10.7 Å². The van der Waals surface area contributed by atoms with Gasteiger partial charge in [0.2, 0.25) is 0 Å². The molecule has 0 heterocycles. The van der Waals surface area contributed by atoms with Gasteiger partial charge >= 0.3 is 0 Å². The molecule has 0 aliphatic heterocycles. The molecule has 0 fully saturated rings. The zero-order valence-electron chi connectivity index (χ0n) is 11.6. The molecule has 0 amide bonds. The van der Waals surface area contributed by atoms with Crippen molar-refractivity contribution >= 4 is 6.21 Å². The molecular formula is C15H23N3. The van der Waals surface area contributed by atoms with Crippen LogP contribution in [0.5, 0.6) is 0 Å². The molecule has 0 aromatic carbocycles. The Morgan fingerprint density at radius 2 is 2.22 bits per heavy atom. The van der Waals surface area contributed by atoms with Gasteiger partial charge in [-0.15, -0.1) is 5.73 Å². The van der Waals surface area contributed by atoms with Crippen LogP contribution in [0.2, 0.25) is 0 Å². The van der Waals surface area contributed by atoms with E-state index in [1.165, 1.54) is 5.70 Å². The molecule has 3 heteroatoms. The number of hydrogen-bond acceptors (Lipinski definition) is 3. The molecule has 1 aliphatic rings. The van der Waals surface area contributed by atoms with Crippen LogP contribution in [0.15, 0.2) is 45.9 Å². The molecule has 1 aliphatic carbocycles. The lowest BCUT2D eigenvalue weighted by Gasteiger charge is -2.21. The van der Waals surface area contributed by atoms with Gasteiger partial charge in [-0.3, -0.25) is 4.99 Å². The molecule has 0 saturated carbocycles. The monoisotopic (exact) mass is 245 g/mol. The fourth-order valence-corrected chi connectivity index (χ4v) is 1.72. The van der Waals surface area contributed by atoms with Gasteiger partial charge in [-0.25, -0.2) is 0 Å². The van der Waals surface area contributed by atoms with E-state index in [1.54, 1.807) is 0 Å². The van der Waals surface area contributed by atoms with Crippen LogP contribution in [-0.4, -0.2) is 31.3 Å². The number of hydrogen-bond donors (Lipinski definition) is 1. The summed E-state index contributed by atoms with van der Waals surface area (Å²) in [6.07, 6.45) is 9.55. The van der Waals surface area contributed by atoms with E-state index in [0.29, 0.717) is 0 Å². The first kappa shape index (κ1) is 14.3. The van der Waals surface area contributed by atoms with Gasteiger partial charge in [-0.1, -0.05) is 6.08 Å². The summed E-state index contributed by atoms with van der Waals surface area (Å²) in [5, 5.41) is 0. The molecule has 3 nitrogen and oxygen atoms in total. The van der Waals surface area contributed by atoms with E-state index in [4.69, 9.17) is 5.73 Å². The van der Waals surface area contributed by atoms with Crippen LogP contribution in [0.25, 0.3) is 0 Å². The Morgan fingerprint density at radius 1 is 1.44 bits per heavy atom. The molecule has 0 radical (unpaired) electrons. The molecule has 0 aromatic rings. The first-order chi connectivity index (χ1) is 8.69. The van der Waals surface area contributed by atoms with Gasteiger partial charge in [0.15, 0.2) is 0 Å². The maximum atomic E-state index is 6.17. The second-order valence-corrected chi connectivity index (χ2v) is 4.24. The zero-order chi connectivity index (χ0) is 13.4. The van der Waals surface area contributed by atoms with E-state index in [2.05, 4.69) is 35.7 Å². The minimum Gasteiger partial charge on any atom is -0.400 e. The van der Waals surface area contributed by atoms with Gasteiger partial charge in [0.25, 0.3) is 0 Å². The van der Waals surface area contributed by atoms with Crippen molar-refractivity contribution in [2.75, 3.05) is 20.1 Å². The highest BCUT2D eigenvalue weighted by molar-refractivity contribution is 5.82. The Bertz CT molecular complexity index is 421. The maximum Gasteiger partial charge on any atom is 0.0368 e. The minimum absolute atomic E-state index is 0.761. The molecule has 0 atom stereocenters. The van der Waals surface area contributed by atoms with Crippen LogP contribution in [-0.2, 0) is 0 Å². The summed E-state index contributed by atoms with van der Waals surface area (Å²) >= 11 is 0.